The van der Waals surface area contributed by atoms with E-state index >= 15 is 0 Å². The van der Waals surface area contributed by atoms with Crippen molar-refractivity contribution >= 4 is 12.3 Å². The van der Waals surface area contributed by atoms with Gasteiger partial charge in [0, 0.05) is 31.6 Å². The molecule has 0 bridgehead atoms. The molecule has 4 N–H and O–H groups in total. The van der Waals surface area contributed by atoms with Crippen molar-refractivity contribution in [2.75, 3.05) is 0 Å². The van der Waals surface area contributed by atoms with Gasteiger partial charge in [-0.2, -0.15) is 0 Å². The van der Waals surface area contributed by atoms with E-state index in [-0.39, 0.29) is 44.5 Å². The van der Waals surface area contributed by atoms with Crippen LogP contribution >= 0.6 is 0 Å². The zero-order chi connectivity index (χ0) is 16.0. The molecule has 0 aromatic carbocycles. The number of aliphatic imine (C=N–C) groups is 2. The van der Waals surface area contributed by atoms with Gasteiger partial charge in [-0.25, -0.2) is 27.5 Å². The van der Waals surface area contributed by atoms with E-state index in [4.69, 9.17) is 5.73 Å². The molecule has 1 heterocycles. The lowest BCUT2D eigenvalue weighted by Crippen LogP contribution is -2.64. The second-order valence-electron chi connectivity index (χ2n) is 6.38. The third-order valence-corrected chi connectivity index (χ3v) is 4.51. The van der Waals surface area contributed by atoms with Crippen molar-refractivity contribution in [3.8, 4) is 0 Å². The van der Waals surface area contributed by atoms with Gasteiger partial charge in [-0.05, 0) is 12.8 Å². The summed E-state index contributed by atoms with van der Waals surface area (Å²) in [5, 5.41) is 5.51. The Morgan fingerprint density at radius 2 is 1.82 bits per heavy atom. The summed E-state index contributed by atoms with van der Waals surface area (Å²) in [6.45, 7) is 0. The molecule has 0 aromatic heterocycles. The van der Waals surface area contributed by atoms with Gasteiger partial charge in [0.15, 0.2) is 11.7 Å². The summed E-state index contributed by atoms with van der Waals surface area (Å²) in [5.74, 6) is -7.11. The van der Waals surface area contributed by atoms with E-state index < -0.39 is 29.6 Å². The largest absolute Gasteiger partial charge is 0.319 e. The summed E-state index contributed by atoms with van der Waals surface area (Å²) in [4.78, 5) is 8.22. The SMILES string of the molecule is NC1(C2CCC(F)(F)C2)N=CNC(=NC2CCC(F)(F)C2)N1. The maximum Gasteiger partial charge on any atom is 0.250 e. The van der Waals surface area contributed by atoms with Crippen LogP contribution in [0.2, 0.25) is 0 Å². The molecular weight excluding hydrogens is 302 g/mol. The highest BCUT2D eigenvalue weighted by Gasteiger charge is 2.49. The fraction of sp³-hybridized carbons (Fsp3) is 0.846. The summed E-state index contributed by atoms with van der Waals surface area (Å²) >= 11 is 0. The highest BCUT2D eigenvalue weighted by molar-refractivity contribution is 5.92. The first-order valence-corrected chi connectivity index (χ1v) is 7.38. The van der Waals surface area contributed by atoms with E-state index in [9.17, 15) is 17.6 Å². The van der Waals surface area contributed by atoms with E-state index in [1.165, 1.54) is 6.34 Å². The van der Waals surface area contributed by atoms with Crippen LogP contribution in [0.4, 0.5) is 17.6 Å². The molecule has 22 heavy (non-hydrogen) atoms. The molecule has 5 nitrogen and oxygen atoms in total. The second-order valence-corrected chi connectivity index (χ2v) is 6.38. The molecule has 9 heteroatoms. The van der Waals surface area contributed by atoms with Gasteiger partial charge in [0.1, 0.15) is 0 Å². The first-order chi connectivity index (χ1) is 10.2. The standard InChI is InChI=1S/C13H19F4N5/c14-11(15)3-1-8(5-11)13(18)20-7-19-10(22-13)21-9-2-4-12(16,17)6-9/h7-9H,1-6,18H2,(H2,19,20,21,22). The van der Waals surface area contributed by atoms with E-state index in [0.29, 0.717) is 0 Å². The van der Waals surface area contributed by atoms with Gasteiger partial charge in [0.2, 0.25) is 11.8 Å². The molecule has 3 atom stereocenters. The van der Waals surface area contributed by atoms with Crippen LogP contribution in [0, 0.1) is 5.92 Å². The molecule has 3 aliphatic rings. The minimum Gasteiger partial charge on any atom is -0.319 e. The quantitative estimate of drug-likeness (QED) is 0.679. The van der Waals surface area contributed by atoms with Gasteiger partial charge in [-0.1, -0.05) is 0 Å². The van der Waals surface area contributed by atoms with Gasteiger partial charge < -0.3 is 10.6 Å². The Kier molecular flexibility index (Phi) is 3.58. The van der Waals surface area contributed by atoms with Gasteiger partial charge in [-0.3, -0.25) is 5.73 Å². The van der Waals surface area contributed by atoms with Crippen molar-refractivity contribution in [3.05, 3.63) is 0 Å². The van der Waals surface area contributed by atoms with Gasteiger partial charge >= 0.3 is 0 Å². The lowest BCUT2D eigenvalue weighted by atomic mass is 9.99. The summed E-state index contributed by atoms with van der Waals surface area (Å²) < 4.78 is 53.1. The molecule has 0 aromatic rings. The molecule has 2 aliphatic carbocycles. The first-order valence-electron chi connectivity index (χ1n) is 7.38. The summed E-state index contributed by atoms with van der Waals surface area (Å²) in [7, 11) is 0. The molecular formula is C13H19F4N5. The Hall–Kier alpha value is -1.38. The molecule has 1 aliphatic heterocycles. The fourth-order valence-corrected chi connectivity index (χ4v) is 3.28. The number of nitrogens with two attached hydrogens (primary N) is 1. The van der Waals surface area contributed by atoms with Gasteiger partial charge in [0.25, 0.3) is 0 Å². The molecule has 2 fully saturated rings. The van der Waals surface area contributed by atoms with Crippen molar-refractivity contribution in [3.63, 3.8) is 0 Å². The van der Waals surface area contributed by atoms with Crippen LogP contribution in [0.5, 0.6) is 0 Å². The Morgan fingerprint density at radius 3 is 2.41 bits per heavy atom. The third-order valence-electron chi connectivity index (χ3n) is 4.51. The van der Waals surface area contributed by atoms with Crippen LogP contribution in [-0.4, -0.2) is 36.0 Å². The van der Waals surface area contributed by atoms with Crippen LogP contribution in [0.1, 0.15) is 38.5 Å². The molecule has 3 unspecified atom stereocenters. The number of halogens is 4. The lowest BCUT2D eigenvalue weighted by Gasteiger charge is -2.36. The number of nitrogens with one attached hydrogen (secondary N) is 2. The molecule has 0 radical (unpaired) electrons. The highest BCUT2D eigenvalue weighted by Crippen LogP contribution is 2.43. The maximum atomic E-state index is 13.4. The highest BCUT2D eigenvalue weighted by atomic mass is 19.3. The Balaban J connectivity index is 1.69. The third kappa shape index (κ3) is 3.18. The zero-order valence-electron chi connectivity index (χ0n) is 12.0. The number of rotatable bonds is 2. The summed E-state index contributed by atoms with van der Waals surface area (Å²) in [6.07, 6.45) is 0.768. The molecule has 2 saturated carbocycles. The molecule has 0 spiro atoms. The van der Waals surface area contributed by atoms with Gasteiger partial charge in [0.05, 0.1) is 12.4 Å². The second kappa shape index (κ2) is 5.07. The van der Waals surface area contributed by atoms with Gasteiger partial charge in [-0.15, -0.1) is 0 Å². The van der Waals surface area contributed by atoms with Crippen molar-refractivity contribution in [1.82, 2.24) is 10.6 Å². The first kappa shape index (κ1) is 15.5. The smallest absolute Gasteiger partial charge is 0.250 e. The monoisotopic (exact) mass is 321 g/mol. The number of hydrogen-bond acceptors (Lipinski definition) is 3. The predicted octanol–water partition coefficient (Wildman–Crippen LogP) is 1.80. The van der Waals surface area contributed by atoms with Crippen molar-refractivity contribution in [2.24, 2.45) is 21.6 Å². The summed E-state index contributed by atoms with van der Waals surface area (Å²) in [6, 6.07) is -0.509. The van der Waals surface area contributed by atoms with E-state index in [1.807, 2.05) is 0 Å². The van der Waals surface area contributed by atoms with E-state index in [2.05, 4.69) is 20.6 Å². The minimum atomic E-state index is -2.73. The lowest BCUT2D eigenvalue weighted by molar-refractivity contribution is 0.000262. The predicted molar refractivity (Wildman–Crippen MR) is 74.0 cm³/mol. The van der Waals surface area contributed by atoms with Crippen LogP contribution in [0.25, 0.3) is 0 Å². The summed E-state index contributed by atoms with van der Waals surface area (Å²) in [5.41, 5.74) is 6.09. The fourth-order valence-electron chi connectivity index (χ4n) is 3.28. The number of nitrogens with zero attached hydrogens (tertiary/aromatic N) is 2. The zero-order valence-corrected chi connectivity index (χ0v) is 12.0. The molecule has 3 rings (SSSR count). The number of guanidine groups is 1. The number of hydrogen-bond donors (Lipinski definition) is 3. The Morgan fingerprint density at radius 1 is 1.14 bits per heavy atom. The van der Waals surface area contributed by atoms with E-state index in [1.54, 1.807) is 0 Å². The van der Waals surface area contributed by atoms with Crippen LogP contribution in [0.3, 0.4) is 0 Å². The molecule has 0 amide bonds. The van der Waals surface area contributed by atoms with Crippen LogP contribution < -0.4 is 16.4 Å². The average molecular weight is 321 g/mol. The minimum absolute atomic E-state index is 0.189. The van der Waals surface area contributed by atoms with Crippen molar-refractivity contribution < 1.29 is 17.6 Å². The molecule has 0 saturated heterocycles. The average Bonchev–Trinajstić information content (AvgIpc) is 2.92. The van der Waals surface area contributed by atoms with E-state index in [0.717, 1.165) is 0 Å². The topological polar surface area (TPSA) is 74.8 Å². The normalized spacial score (nSPS) is 41.4. The van der Waals surface area contributed by atoms with Crippen molar-refractivity contribution in [2.45, 2.75) is 62.2 Å². The Labute approximate surface area is 125 Å². The van der Waals surface area contributed by atoms with Crippen LogP contribution in [-0.2, 0) is 0 Å². The maximum absolute atomic E-state index is 13.4. The number of alkyl halides is 4. The van der Waals surface area contributed by atoms with Crippen LogP contribution in [0.15, 0.2) is 9.98 Å². The Bertz CT molecular complexity index is 507. The molecule has 124 valence electrons. The van der Waals surface area contributed by atoms with Crippen molar-refractivity contribution in [1.29, 1.82) is 0 Å².